The zero-order valence-corrected chi connectivity index (χ0v) is 11.6. The summed E-state index contributed by atoms with van der Waals surface area (Å²) in [5.41, 5.74) is 0. The lowest BCUT2D eigenvalue weighted by molar-refractivity contribution is -0.137. The van der Waals surface area contributed by atoms with Crippen LogP contribution in [0.15, 0.2) is 0 Å². The Morgan fingerprint density at radius 2 is 2.05 bits per heavy atom. The molecule has 1 saturated carbocycles. The third-order valence-corrected chi connectivity index (χ3v) is 2.87. The predicted octanol–water partition coefficient (Wildman–Crippen LogP) is -0.602. The van der Waals surface area contributed by atoms with Gasteiger partial charge < -0.3 is 15.2 Å². The molecule has 0 aliphatic heterocycles. The summed E-state index contributed by atoms with van der Waals surface area (Å²) >= 11 is 0. The number of carbonyl (C=O) groups excluding carboxylic acids is 2. The van der Waals surface area contributed by atoms with Crippen LogP contribution in [-0.2, 0) is 14.3 Å². The molecule has 8 heteroatoms. The summed E-state index contributed by atoms with van der Waals surface area (Å²) in [4.78, 5) is 35.4. The first-order valence-electron chi connectivity index (χ1n) is 6.55. The Morgan fingerprint density at radius 3 is 2.60 bits per heavy atom. The van der Waals surface area contributed by atoms with Crippen LogP contribution in [-0.4, -0.2) is 67.3 Å². The van der Waals surface area contributed by atoms with Crippen molar-refractivity contribution >= 4 is 17.9 Å². The molecule has 114 valence electrons. The van der Waals surface area contributed by atoms with Crippen LogP contribution < -0.4 is 10.6 Å². The average Bonchev–Trinajstić information content (AvgIpc) is 3.18. The van der Waals surface area contributed by atoms with E-state index in [9.17, 15) is 14.4 Å². The molecule has 3 N–H and O–H groups in total. The highest BCUT2D eigenvalue weighted by molar-refractivity contribution is 5.95. The van der Waals surface area contributed by atoms with E-state index in [1.54, 1.807) is 4.90 Å². The molecule has 0 aromatic heterocycles. The van der Waals surface area contributed by atoms with Crippen LogP contribution in [0.2, 0.25) is 0 Å². The van der Waals surface area contributed by atoms with Gasteiger partial charge in [0.25, 0.3) is 0 Å². The van der Waals surface area contributed by atoms with E-state index in [4.69, 9.17) is 9.84 Å². The van der Waals surface area contributed by atoms with Crippen LogP contribution in [0.4, 0.5) is 4.79 Å². The van der Waals surface area contributed by atoms with E-state index >= 15 is 0 Å². The number of methoxy groups -OCH3 is 1. The van der Waals surface area contributed by atoms with E-state index in [0.29, 0.717) is 19.7 Å². The van der Waals surface area contributed by atoms with E-state index in [1.807, 2.05) is 0 Å². The van der Waals surface area contributed by atoms with Crippen molar-refractivity contribution in [2.45, 2.75) is 25.3 Å². The number of aliphatic carboxylic acids is 1. The van der Waals surface area contributed by atoms with Crippen molar-refractivity contribution in [1.82, 2.24) is 15.5 Å². The number of amides is 3. The highest BCUT2D eigenvalue weighted by atomic mass is 16.5. The summed E-state index contributed by atoms with van der Waals surface area (Å²) in [5.74, 6) is -1.33. The lowest BCUT2D eigenvalue weighted by Gasteiger charge is -2.20. The Bertz CT molecular complexity index is 357. The maximum atomic E-state index is 11.7. The Hall–Kier alpha value is -1.67. The molecule has 1 aliphatic rings. The monoisotopic (exact) mass is 287 g/mol. The number of imide groups is 1. The average molecular weight is 287 g/mol. The van der Waals surface area contributed by atoms with Gasteiger partial charge in [0.1, 0.15) is 0 Å². The maximum absolute atomic E-state index is 11.7. The molecule has 0 radical (unpaired) electrons. The van der Waals surface area contributed by atoms with Gasteiger partial charge in [-0.2, -0.15) is 0 Å². The van der Waals surface area contributed by atoms with Crippen molar-refractivity contribution in [2.75, 3.05) is 33.4 Å². The normalized spacial score (nSPS) is 14.1. The first-order valence-corrected chi connectivity index (χ1v) is 6.55. The molecular weight excluding hydrogens is 266 g/mol. The molecule has 1 fully saturated rings. The van der Waals surface area contributed by atoms with Gasteiger partial charge in [-0.3, -0.25) is 19.8 Å². The lowest BCUT2D eigenvalue weighted by Crippen LogP contribution is -2.46. The van der Waals surface area contributed by atoms with Crippen LogP contribution in [0, 0.1) is 0 Å². The first-order chi connectivity index (χ1) is 9.52. The van der Waals surface area contributed by atoms with Crippen molar-refractivity contribution in [3.63, 3.8) is 0 Å². The van der Waals surface area contributed by atoms with E-state index in [1.165, 1.54) is 7.11 Å². The Labute approximate surface area is 117 Å². The fraction of sp³-hybridized carbons (Fsp3) is 0.750. The van der Waals surface area contributed by atoms with Crippen molar-refractivity contribution in [3.05, 3.63) is 0 Å². The Morgan fingerprint density at radius 1 is 1.35 bits per heavy atom. The summed E-state index contributed by atoms with van der Waals surface area (Å²) in [5, 5.41) is 13.3. The molecule has 0 atom stereocenters. The number of carboxylic acids is 1. The third-order valence-electron chi connectivity index (χ3n) is 2.87. The standard InChI is InChI=1S/C12H21N3O5/c1-20-7-5-13-12(19)14-10(16)8-15(9-2-3-9)6-4-11(17)18/h9H,2-8H2,1H3,(H,17,18)(H2,13,14,16,19). The molecule has 0 aromatic carbocycles. The predicted molar refractivity (Wildman–Crippen MR) is 70.3 cm³/mol. The summed E-state index contributed by atoms with van der Waals surface area (Å²) in [6, 6.07) is -0.308. The second kappa shape index (κ2) is 8.49. The zero-order chi connectivity index (χ0) is 15.0. The first kappa shape index (κ1) is 16.4. The smallest absolute Gasteiger partial charge is 0.321 e. The van der Waals surface area contributed by atoms with Crippen molar-refractivity contribution in [3.8, 4) is 0 Å². The molecular formula is C12H21N3O5. The van der Waals surface area contributed by atoms with Crippen LogP contribution in [0.1, 0.15) is 19.3 Å². The van der Waals surface area contributed by atoms with Gasteiger partial charge >= 0.3 is 12.0 Å². The fourth-order valence-corrected chi connectivity index (χ4v) is 1.73. The van der Waals surface area contributed by atoms with E-state index in [-0.39, 0.29) is 19.0 Å². The topological polar surface area (TPSA) is 108 Å². The van der Waals surface area contributed by atoms with Gasteiger partial charge in [0, 0.05) is 26.2 Å². The minimum Gasteiger partial charge on any atom is -0.481 e. The largest absolute Gasteiger partial charge is 0.481 e. The van der Waals surface area contributed by atoms with Crippen LogP contribution in [0.3, 0.4) is 0 Å². The lowest BCUT2D eigenvalue weighted by atomic mass is 10.3. The summed E-state index contributed by atoms with van der Waals surface area (Å²) < 4.78 is 4.76. The van der Waals surface area contributed by atoms with Crippen LogP contribution >= 0.6 is 0 Å². The molecule has 0 saturated heterocycles. The molecule has 20 heavy (non-hydrogen) atoms. The van der Waals surface area contributed by atoms with Crippen molar-refractivity contribution < 1.29 is 24.2 Å². The SMILES string of the molecule is COCCNC(=O)NC(=O)CN(CCC(=O)O)C1CC1. The second-order valence-electron chi connectivity index (χ2n) is 4.64. The number of hydrogen-bond donors (Lipinski definition) is 3. The van der Waals surface area contributed by atoms with Crippen LogP contribution in [0.25, 0.3) is 0 Å². The van der Waals surface area contributed by atoms with Gasteiger partial charge in [-0.15, -0.1) is 0 Å². The maximum Gasteiger partial charge on any atom is 0.321 e. The van der Waals surface area contributed by atoms with Gasteiger partial charge in [0.2, 0.25) is 5.91 Å². The third kappa shape index (κ3) is 7.05. The van der Waals surface area contributed by atoms with Crippen molar-refractivity contribution in [2.24, 2.45) is 0 Å². The highest BCUT2D eigenvalue weighted by Crippen LogP contribution is 2.26. The minimum absolute atomic E-state index is 0.0101. The van der Waals surface area contributed by atoms with E-state index < -0.39 is 17.9 Å². The number of carbonyl (C=O) groups is 3. The number of ether oxygens (including phenoxy) is 1. The molecule has 0 aromatic rings. The van der Waals surface area contributed by atoms with Gasteiger partial charge in [0.05, 0.1) is 19.6 Å². The molecule has 1 rings (SSSR count). The summed E-state index contributed by atoms with van der Waals surface area (Å²) in [6.07, 6.45) is 1.92. The second-order valence-corrected chi connectivity index (χ2v) is 4.64. The molecule has 8 nitrogen and oxygen atoms in total. The Balaban J connectivity index is 2.27. The van der Waals surface area contributed by atoms with Gasteiger partial charge in [-0.1, -0.05) is 0 Å². The van der Waals surface area contributed by atoms with Gasteiger partial charge in [-0.25, -0.2) is 4.79 Å². The molecule has 3 amide bonds. The van der Waals surface area contributed by atoms with Crippen LogP contribution in [0.5, 0.6) is 0 Å². The van der Waals surface area contributed by atoms with E-state index in [0.717, 1.165) is 12.8 Å². The Kier molecular flexibility index (Phi) is 6.96. The summed E-state index contributed by atoms with van der Waals surface area (Å²) in [7, 11) is 1.51. The highest BCUT2D eigenvalue weighted by Gasteiger charge is 2.30. The number of nitrogens with zero attached hydrogens (tertiary/aromatic N) is 1. The molecule has 0 spiro atoms. The molecule has 0 unspecified atom stereocenters. The van der Waals surface area contributed by atoms with E-state index in [2.05, 4.69) is 10.6 Å². The quantitative estimate of drug-likeness (QED) is 0.489. The van der Waals surface area contributed by atoms with Gasteiger partial charge in [0.15, 0.2) is 0 Å². The number of rotatable bonds is 9. The number of urea groups is 1. The van der Waals surface area contributed by atoms with Crippen molar-refractivity contribution in [1.29, 1.82) is 0 Å². The zero-order valence-electron chi connectivity index (χ0n) is 11.6. The number of nitrogens with one attached hydrogen (secondary N) is 2. The molecule has 0 bridgehead atoms. The number of hydrogen-bond acceptors (Lipinski definition) is 5. The minimum atomic E-state index is -0.895. The molecule has 0 heterocycles. The molecule has 1 aliphatic carbocycles. The number of carboxylic acid groups (broad SMARTS) is 1. The fourth-order valence-electron chi connectivity index (χ4n) is 1.73. The summed E-state index contributed by atoms with van der Waals surface area (Å²) in [6.45, 7) is 1.05. The van der Waals surface area contributed by atoms with Gasteiger partial charge in [-0.05, 0) is 12.8 Å².